The van der Waals surface area contributed by atoms with E-state index in [1.54, 1.807) is 0 Å². The molecule has 0 bridgehead atoms. The van der Waals surface area contributed by atoms with Crippen molar-refractivity contribution in [2.75, 3.05) is 33.4 Å². The van der Waals surface area contributed by atoms with Crippen molar-refractivity contribution in [1.29, 1.82) is 0 Å². The quantitative estimate of drug-likeness (QED) is 0.873. The molecule has 4 nitrogen and oxygen atoms in total. The summed E-state index contributed by atoms with van der Waals surface area (Å²) in [5, 5.41) is 3.49. The van der Waals surface area contributed by atoms with Gasteiger partial charge >= 0.3 is 0 Å². The fourth-order valence-electron chi connectivity index (χ4n) is 2.78. The molecule has 118 valence electrons. The number of nitrogens with one attached hydrogen (secondary N) is 1. The molecular formula is C17H28N2O2. The summed E-state index contributed by atoms with van der Waals surface area (Å²) in [6, 6.07) is 9.18. The summed E-state index contributed by atoms with van der Waals surface area (Å²) < 4.78 is 11.5. The molecule has 1 aliphatic rings. The van der Waals surface area contributed by atoms with Crippen molar-refractivity contribution in [3.05, 3.63) is 29.8 Å². The molecule has 1 aromatic rings. The second-order valence-corrected chi connectivity index (χ2v) is 5.90. The average Bonchev–Trinajstić information content (AvgIpc) is 2.46. The molecule has 0 aromatic heterocycles. The monoisotopic (exact) mass is 292 g/mol. The third kappa shape index (κ3) is 4.43. The van der Waals surface area contributed by atoms with Gasteiger partial charge in [-0.2, -0.15) is 0 Å². The van der Waals surface area contributed by atoms with Crippen molar-refractivity contribution in [3.8, 4) is 5.75 Å². The van der Waals surface area contributed by atoms with Crippen LogP contribution in [0.2, 0.25) is 0 Å². The molecular weight excluding hydrogens is 264 g/mol. The molecule has 1 heterocycles. The lowest BCUT2D eigenvalue weighted by molar-refractivity contribution is -0.0620. The fraction of sp³-hybridized carbons (Fsp3) is 0.647. The van der Waals surface area contributed by atoms with Crippen LogP contribution in [0.15, 0.2) is 24.3 Å². The van der Waals surface area contributed by atoms with Gasteiger partial charge in [-0.15, -0.1) is 0 Å². The highest BCUT2D eigenvalue weighted by Gasteiger charge is 2.31. The Bertz CT molecular complexity index is 419. The Morgan fingerprint density at radius 3 is 2.67 bits per heavy atom. The molecule has 1 aliphatic heterocycles. The minimum absolute atomic E-state index is 0.184. The first kappa shape index (κ1) is 16.3. The lowest BCUT2D eigenvalue weighted by Crippen LogP contribution is -2.48. The van der Waals surface area contributed by atoms with Crippen LogP contribution >= 0.6 is 0 Å². The Balaban J connectivity index is 2.11. The highest BCUT2D eigenvalue weighted by Crippen LogP contribution is 2.29. The Morgan fingerprint density at radius 2 is 2.05 bits per heavy atom. The number of hydrogen-bond acceptors (Lipinski definition) is 4. The molecule has 0 radical (unpaired) electrons. The molecule has 1 fully saturated rings. The van der Waals surface area contributed by atoms with Gasteiger partial charge in [0.2, 0.25) is 0 Å². The third-order valence-corrected chi connectivity index (χ3v) is 3.86. The van der Waals surface area contributed by atoms with Crippen LogP contribution < -0.4 is 10.1 Å². The maximum absolute atomic E-state index is 6.01. The van der Waals surface area contributed by atoms with Crippen molar-refractivity contribution in [3.63, 3.8) is 0 Å². The third-order valence-electron chi connectivity index (χ3n) is 3.86. The van der Waals surface area contributed by atoms with E-state index in [1.807, 2.05) is 19.1 Å². The Hall–Kier alpha value is -1.10. The predicted octanol–water partition coefficient (Wildman–Crippen LogP) is 2.46. The minimum Gasteiger partial charge on any atom is -0.494 e. The molecule has 2 rings (SSSR count). The number of hydrogen-bond donors (Lipinski definition) is 1. The van der Waals surface area contributed by atoms with Crippen LogP contribution in [-0.4, -0.2) is 50.4 Å². The smallest absolute Gasteiger partial charge is 0.119 e. The minimum atomic E-state index is 0.184. The summed E-state index contributed by atoms with van der Waals surface area (Å²) in [4.78, 5) is 2.38. The average molecular weight is 292 g/mol. The van der Waals surface area contributed by atoms with Gasteiger partial charge in [-0.3, -0.25) is 4.90 Å². The largest absolute Gasteiger partial charge is 0.494 e. The predicted molar refractivity (Wildman–Crippen MR) is 85.9 cm³/mol. The Labute approximate surface area is 128 Å². The Kier molecular flexibility index (Phi) is 6.03. The molecule has 0 spiro atoms. The van der Waals surface area contributed by atoms with Gasteiger partial charge in [0.05, 0.1) is 25.4 Å². The number of morpholine rings is 1. The molecule has 1 aromatic carbocycles. The molecule has 2 atom stereocenters. The summed E-state index contributed by atoms with van der Waals surface area (Å²) in [6.07, 6.45) is 0.184. The SMILES string of the molecule is CCOc1ccc(C2C(CNC(C)C)OCCN2C)cc1. The van der Waals surface area contributed by atoms with E-state index in [1.165, 1.54) is 5.56 Å². The first-order valence-corrected chi connectivity index (χ1v) is 7.89. The first-order valence-electron chi connectivity index (χ1n) is 7.89. The Morgan fingerprint density at radius 1 is 1.33 bits per heavy atom. The van der Waals surface area contributed by atoms with E-state index in [4.69, 9.17) is 9.47 Å². The highest BCUT2D eigenvalue weighted by atomic mass is 16.5. The first-order chi connectivity index (χ1) is 10.1. The fourth-order valence-corrected chi connectivity index (χ4v) is 2.78. The summed E-state index contributed by atoms with van der Waals surface area (Å²) in [7, 11) is 2.17. The van der Waals surface area contributed by atoms with Crippen LogP contribution in [0.25, 0.3) is 0 Å². The van der Waals surface area contributed by atoms with E-state index in [-0.39, 0.29) is 6.10 Å². The van der Waals surface area contributed by atoms with E-state index >= 15 is 0 Å². The number of rotatable bonds is 6. The van der Waals surface area contributed by atoms with Crippen LogP contribution in [-0.2, 0) is 4.74 Å². The maximum Gasteiger partial charge on any atom is 0.119 e. The molecule has 0 aliphatic carbocycles. The van der Waals surface area contributed by atoms with Crippen molar-refractivity contribution >= 4 is 0 Å². The summed E-state index contributed by atoms with van der Waals surface area (Å²) in [6.45, 7) is 9.68. The molecule has 1 N–H and O–H groups in total. The number of likely N-dealkylation sites (N-methyl/N-ethyl adjacent to an activating group) is 1. The van der Waals surface area contributed by atoms with Gasteiger partial charge in [0.15, 0.2) is 0 Å². The highest BCUT2D eigenvalue weighted by molar-refractivity contribution is 5.30. The zero-order valence-electron chi connectivity index (χ0n) is 13.6. The number of nitrogens with zero attached hydrogens (tertiary/aromatic N) is 1. The lowest BCUT2D eigenvalue weighted by atomic mass is 9.98. The van der Waals surface area contributed by atoms with Crippen molar-refractivity contribution in [2.24, 2.45) is 0 Å². The van der Waals surface area contributed by atoms with Crippen LogP contribution in [0.5, 0.6) is 5.75 Å². The van der Waals surface area contributed by atoms with E-state index in [0.717, 1.165) is 25.4 Å². The number of ether oxygens (including phenoxy) is 2. The molecule has 21 heavy (non-hydrogen) atoms. The topological polar surface area (TPSA) is 33.7 Å². The molecule has 1 saturated heterocycles. The molecule has 4 heteroatoms. The lowest BCUT2D eigenvalue weighted by Gasteiger charge is -2.40. The second kappa shape index (κ2) is 7.78. The van der Waals surface area contributed by atoms with Gasteiger partial charge in [0.1, 0.15) is 5.75 Å². The van der Waals surface area contributed by atoms with Crippen LogP contribution in [0, 0.1) is 0 Å². The van der Waals surface area contributed by atoms with Crippen molar-refractivity contribution in [2.45, 2.75) is 39.0 Å². The van der Waals surface area contributed by atoms with E-state index < -0.39 is 0 Å². The zero-order valence-corrected chi connectivity index (χ0v) is 13.6. The van der Waals surface area contributed by atoms with Gasteiger partial charge in [-0.05, 0) is 31.7 Å². The molecule has 2 unspecified atom stereocenters. The second-order valence-electron chi connectivity index (χ2n) is 5.90. The van der Waals surface area contributed by atoms with Gasteiger partial charge in [-0.1, -0.05) is 26.0 Å². The molecule has 0 saturated carbocycles. The van der Waals surface area contributed by atoms with Crippen LogP contribution in [0.4, 0.5) is 0 Å². The van der Waals surface area contributed by atoms with E-state index in [0.29, 0.717) is 18.7 Å². The maximum atomic E-state index is 6.01. The van der Waals surface area contributed by atoms with Crippen LogP contribution in [0.1, 0.15) is 32.4 Å². The summed E-state index contributed by atoms with van der Waals surface area (Å²) in [5.74, 6) is 0.928. The van der Waals surface area contributed by atoms with Gasteiger partial charge in [-0.25, -0.2) is 0 Å². The zero-order chi connectivity index (χ0) is 15.2. The van der Waals surface area contributed by atoms with Gasteiger partial charge < -0.3 is 14.8 Å². The van der Waals surface area contributed by atoms with Gasteiger partial charge in [0, 0.05) is 19.1 Å². The van der Waals surface area contributed by atoms with Crippen molar-refractivity contribution < 1.29 is 9.47 Å². The van der Waals surface area contributed by atoms with E-state index in [9.17, 15) is 0 Å². The van der Waals surface area contributed by atoms with Crippen molar-refractivity contribution in [1.82, 2.24) is 10.2 Å². The van der Waals surface area contributed by atoms with Gasteiger partial charge in [0.25, 0.3) is 0 Å². The standard InChI is InChI=1S/C17H28N2O2/c1-5-20-15-8-6-14(7-9-15)17-16(12-18-13(2)3)21-11-10-19(17)4/h6-9,13,16-18H,5,10-12H2,1-4H3. The normalized spacial score (nSPS) is 23.5. The van der Waals surface area contributed by atoms with E-state index in [2.05, 4.69) is 43.2 Å². The van der Waals surface area contributed by atoms with Crippen LogP contribution in [0.3, 0.4) is 0 Å². The summed E-state index contributed by atoms with van der Waals surface area (Å²) in [5.41, 5.74) is 1.29. The molecule has 0 amide bonds. The number of benzene rings is 1. The summed E-state index contributed by atoms with van der Waals surface area (Å²) >= 11 is 0.